The molecule has 2 heterocycles. The van der Waals surface area contributed by atoms with Gasteiger partial charge >= 0.3 is 0 Å². The van der Waals surface area contributed by atoms with Gasteiger partial charge in [-0.3, -0.25) is 9.48 Å². The smallest absolute Gasteiger partial charge is 0.230 e. The Morgan fingerprint density at radius 3 is 2.58 bits per heavy atom. The van der Waals surface area contributed by atoms with E-state index >= 15 is 0 Å². The lowest BCUT2D eigenvalue weighted by atomic mass is 10.1. The van der Waals surface area contributed by atoms with Crippen LogP contribution in [0, 0.1) is 11.6 Å². The molecule has 10 heteroatoms. The number of carbonyl (C=O) groups is 1. The van der Waals surface area contributed by atoms with Gasteiger partial charge in [0.25, 0.3) is 0 Å². The molecule has 0 radical (unpaired) electrons. The number of nitrogens with one attached hydrogen (secondary N) is 1. The maximum atomic E-state index is 13.8. The number of rotatable bonds is 7. The summed E-state index contributed by atoms with van der Waals surface area (Å²) in [5, 5.41) is 16.1. The number of aromatic nitrogens is 5. The zero-order valence-corrected chi connectivity index (χ0v) is 17.0. The van der Waals surface area contributed by atoms with Crippen molar-refractivity contribution < 1.29 is 18.3 Å². The summed E-state index contributed by atoms with van der Waals surface area (Å²) in [6.07, 6.45) is 3.31. The molecule has 4 rings (SSSR count). The van der Waals surface area contributed by atoms with Crippen LogP contribution in [0.4, 0.5) is 14.6 Å². The molecule has 0 saturated carbocycles. The maximum absolute atomic E-state index is 13.8. The second-order valence-corrected chi connectivity index (χ2v) is 6.93. The minimum atomic E-state index is -0.806. The van der Waals surface area contributed by atoms with Gasteiger partial charge in [-0.15, -0.1) is 5.10 Å². The highest BCUT2D eigenvalue weighted by molar-refractivity contribution is 5.92. The van der Waals surface area contributed by atoms with Crippen molar-refractivity contribution in [3.8, 4) is 5.75 Å². The monoisotopic (exact) mass is 426 g/mol. The zero-order valence-electron chi connectivity index (χ0n) is 17.0. The van der Waals surface area contributed by atoms with Gasteiger partial charge in [0.15, 0.2) is 23.2 Å². The van der Waals surface area contributed by atoms with Crippen LogP contribution in [0.1, 0.15) is 18.1 Å². The molecule has 0 bridgehead atoms. The zero-order chi connectivity index (χ0) is 22.0. The number of nitrogens with zero attached hydrogens (tertiary/aromatic N) is 5. The molecule has 8 nitrogen and oxygen atoms in total. The molecule has 1 N–H and O–H groups in total. The average molecular weight is 426 g/mol. The quantitative estimate of drug-likeness (QED) is 0.491. The highest BCUT2D eigenvalue weighted by atomic mass is 19.1. The van der Waals surface area contributed by atoms with Crippen LogP contribution < -0.4 is 10.1 Å². The van der Waals surface area contributed by atoms with Crippen LogP contribution >= 0.6 is 0 Å². The second kappa shape index (κ2) is 8.50. The Balaban J connectivity index is 1.40. The maximum Gasteiger partial charge on any atom is 0.230 e. The van der Waals surface area contributed by atoms with Crippen molar-refractivity contribution in [2.45, 2.75) is 26.4 Å². The van der Waals surface area contributed by atoms with Gasteiger partial charge < -0.3 is 10.1 Å². The highest BCUT2D eigenvalue weighted by Gasteiger charge is 2.13. The fourth-order valence-corrected chi connectivity index (χ4v) is 3.36. The second-order valence-electron chi connectivity index (χ2n) is 6.93. The van der Waals surface area contributed by atoms with Crippen molar-refractivity contribution >= 4 is 22.6 Å². The summed E-state index contributed by atoms with van der Waals surface area (Å²) in [6.45, 7) is 2.82. The molecule has 31 heavy (non-hydrogen) atoms. The first kappa shape index (κ1) is 20.5. The summed E-state index contributed by atoms with van der Waals surface area (Å²) in [5.41, 5.74) is 2.18. The molecular formula is C21H20F2N6O2. The van der Waals surface area contributed by atoms with E-state index in [1.54, 1.807) is 6.20 Å². The third-order valence-corrected chi connectivity index (χ3v) is 4.76. The standard InChI is InChI=1S/C21H20F2N6O2/c1-3-28-18-5-4-13(6-15(18)10-24-28)9-20(30)26-19-11-25-29(27-19)12-14-7-16(22)21(31-2)17(23)8-14/h4-8,10-11H,3,9,12H2,1-2H3,(H,26,27,30). The molecule has 0 aliphatic carbocycles. The van der Waals surface area contributed by atoms with Gasteiger partial charge in [-0.25, -0.2) is 8.78 Å². The Bertz CT molecular complexity index is 1230. The highest BCUT2D eigenvalue weighted by Crippen LogP contribution is 2.23. The molecule has 0 spiro atoms. The first-order chi connectivity index (χ1) is 15.0. The minimum absolute atomic E-state index is 0.0335. The van der Waals surface area contributed by atoms with Crippen LogP contribution in [0.5, 0.6) is 5.75 Å². The van der Waals surface area contributed by atoms with Crippen LogP contribution in [-0.4, -0.2) is 37.8 Å². The van der Waals surface area contributed by atoms with Crippen molar-refractivity contribution in [3.05, 3.63) is 65.5 Å². The van der Waals surface area contributed by atoms with Crippen molar-refractivity contribution in [1.82, 2.24) is 24.8 Å². The molecule has 0 saturated heterocycles. The van der Waals surface area contributed by atoms with E-state index in [-0.39, 0.29) is 24.7 Å². The van der Waals surface area contributed by atoms with Crippen molar-refractivity contribution in [3.63, 3.8) is 0 Å². The molecule has 0 aliphatic heterocycles. The molecule has 2 aromatic heterocycles. The van der Waals surface area contributed by atoms with Gasteiger partial charge in [-0.05, 0) is 42.3 Å². The third kappa shape index (κ3) is 4.37. The summed E-state index contributed by atoms with van der Waals surface area (Å²) >= 11 is 0. The van der Waals surface area contributed by atoms with Gasteiger partial charge in [-0.2, -0.15) is 15.0 Å². The molecule has 0 unspecified atom stereocenters. The Kier molecular flexibility index (Phi) is 5.61. The number of hydrogen-bond acceptors (Lipinski definition) is 5. The molecule has 0 fully saturated rings. The Hall–Kier alpha value is -3.82. The van der Waals surface area contributed by atoms with E-state index in [1.807, 2.05) is 29.8 Å². The Labute approximate surface area is 176 Å². The lowest BCUT2D eigenvalue weighted by molar-refractivity contribution is -0.115. The van der Waals surface area contributed by atoms with Crippen LogP contribution in [0.15, 0.2) is 42.7 Å². The number of halogens is 2. The lowest BCUT2D eigenvalue weighted by Crippen LogP contribution is -2.15. The predicted molar refractivity (Wildman–Crippen MR) is 110 cm³/mol. The normalized spacial score (nSPS) is 11.1. The number of benzene rings is 2. The summed E-state index contributed by atoms with van der Waals surface area (Å²) in [5.74, 6) is -2.06. The van der Waals surface area contributed by atoms with Crippen LogP contribution in [-0.2, 0) is 24.3 Å². The van der Waals surface area contributed by atoms with E-state index in [1.165, 1.54) is 18.1 Å². The number of anilines is 1. The van der Waals surface area contributed by atoms with E-state index in [0.29, 0.717) is 5.56 Å². The minimum Gasteiger partial charge on any atom is -0.491 e. The molecule has 4 aromatic rings. The van der Waals surface area contributed by atoms with E-state index in [2.05, 4.69) is 25.3 Å². The van der Waals surface area contributed by atoms with E-state index in [0.717, 1.165) is 35.1 Å². The van der Waals surface area contributed by atoms with Crippen LogP contribution in [0.3, 0.4) is 0 Å². The van der Waals surface area contributed by atoms with Gasteiger partial charge in [0.2, 0.25) is 5.91 Å². The van der Waals surface area contributed by atoms with Crippen LogP contribution in [0.2, 0.25) is 0 Å². The molecule has 2 aromatic carbocycles. The SMILES string of the molecule is CCn1ncc2cc(CC(=O)Nc3cnn(Cc4cc(F)c(OC)c(F)c4)n3)ccc21. The lowest BCUT2D eigenvalue weighted by Gasteiger charge is -2.06. The van der Waals surface area contributed by atoms with Crippen molar-refractivity contribution in [1.29, 1.82) is 0 Å². The third-order valence-electron chi connectivity index (χ3n) is 4.76. The average Bonchev–Trinajstić information content (AvgIpc) is 3.33. The van der Waals surface area contributed by atoms with Gasteiger partial charge in [0.05, 0.1) is 38.0 Å². The van der Waals surface area contributed by atoms with Gasteiger partial charge in [0.1, 0.15) is 0 Å². The predicted octanol–water partition coefficient (Wildman–Crippen LogP) is 3.16. The number of aryl methyl sites for hydroxylation is 1. The Morgan fingerprint density at radius 1 is 1.10 bits per heavy atom. The van der Waals surface area contributed by atoms with Crippen molar-refractivity contribution in [2.75, 3.05) is 12.4 Å². The molecular weight excluding hydrogens is 406 g/mol. The fraction of sp³-hybridized carbons (Fsp3) is 0.238. The Morgan fingerprint density at radius 2 is 1.87 bits per heavy atom. The number of hydrogen-bond donors (Lipinski definition) is 1. The van der Waals surface area contributed by atoms with Crippen molar-refractivity contribution in [2.24, 2.45) is 0 Å². The van der Waals surface area contributed by atoms with E-state index in [9.17, 15) is 13.6 Å². The summed E-state index contributed by atoms with van der Waals surface area (Å²) < 4.78 is 34.2. The summed E-state index contributed by atoms with van der Waals surface area (Å²) in [6, 6.07) is 8.07. The van der Waals surface area contributed by atoms with Gasteiger partial charge in [-0.1, -0.05) is 6.07 Å². The molecule has 0 atom stereocenters. The number of amides is 1. The largest absolute Gasteiger partial charge is 0.491 e. The van der Waals surface area contributed by atoms with Gasteiger partial charge in [0, 0.05) is 11.9 Å². The fourth-order valence-electron chi connectivity index (χ4n) is 3.36. The first-order valence-corrected chi connectivity index (χ1v) is 9.63. The van der Waals surface area contributed by atoms with E-state index < -0.39 is 17.4 Å². The molecule has 0 aliphatic rings. The molecule has 160 valence electrons. The number of fused-ring (bicyclic) bond motifs is 1. The summed E-state index contributed by atoms with van der Waals surface area (Å²) in [4.78, 5) is 13.6. The first-order valence-electron chi connectivity index (χ1n) is 9.63. The molecule has 1 amide bonds. The topological polar surface area (TPSA) is 86.9 Å². The number of carbonyl (C=O) groups excluding carboxylic acids is 1. The van der Waals surface area contributed by atoms with E-state index in [4.69, 9.17) is 0 Å². The summed E-state index contributed by atoms with van der Waals surface area (Å²) in [7, 11) is 1.20. The number of ether oxygens (including phenoxy) is 1. The number of methoxy groups -OCH3 is 1. The van der Waals surface area contributed by atoms with Crippen LogP contribution in [0.25, 0.3) is 10.9 Å².